The summed E-state index contributed by atoms with van der Waals surface area (Å²) in [6.07, 6.45) is 0. The Hall–Kier alpha value is -2.12. The molecule has 1 aromatic heterocycles. The smallest absolute Gasteiger partial charge is 0.308 e. The minimum absolute atomic E-state index is 0.00818. The number of methoxy groups -OCH3 is 1. The number of amides is 1. The van der Waals surface area contributed by atoms with Crippen molar-refractivity contribution in [3.63, 3.8) is 0 Å². The maximum Gasteiger partial charge on any atom is 0.308 e. The van der Waals surface area contributed by atoms with Crippen LogP contribution in [0.25, 0.3) is 11.3 Å². The van der Waals surface area contributed by atoms with Crippen LogP contribution in [0.4, 0.5) is 5.69 Å². The Balaban J connectivity index is 2.17. The molecule has 0 aliphatic heterocycles. The molecule has 3 N–H and O–H groups in total. The molecule has 0 fully saturated rings. The van der Waals surface area contributed by atoms with Gasteiger partial charge in [-0.1, -0.05) is 23.5 Å². The summed E-state index contributed by atoms with van der Waals surface area (Å²) >= 11 is 1.07. The fourth-order valence-corrected chi connectivity index (χ4v) is 2.62. The molecular weight excluding hydrogens is 290 g/mol. The zero-order chi connectivity index (χ0) is 15.2. The summed E-state index contributed by atoms with van der Waals surface area (Å²) in [5.41, 5.74) is 7.88. The number of nitrogen functional groups attached to an aromatic ring is 1. The largest absolute Gasteiger partial charge is 0.399 e. The molecule has 0 radical (unpaired) electrons. The number of benzene rings is 1. The van der Waals surface area contributed by atoms with Crippen molar-refractivity contribution in [3.8, 4) is 11.3 Å². The number of ether oxygens (including phenoxy) is 1. The molecule has 1 amide bonds. The minimum Gasteiger partial charge on any atom is -0.399 e. The lowest BCUT2D eigenvalue weighted by Gasteiger charge is -2.08. The number of aromatic nitrogens is 1. The molecule has 0 saturated carbocycles. The first-order chi connectivity index (χ1) is 10.1. The predicted octanol–water partition coefficient (Wildman–Crippen LogP) is 0.922. The number of nitrogens with one attached hydrogen (secondary N) is 1. The minimum atomic E-state index is -0.218. The molecule has 1 aromatic carbocycles. The molecule has 0 atom stereocenters. The first kappa shape index (κ1) is 15.3. The number of carbonyl (C=O) groups is 1. The molecule has 2 aromatic rings. The van der Waals surface area contributed by atoms with Gasteiger partial charge in [0.05, 0.1) is 12.3 Å². The number of nitrogens with two attached hydrogens (primary N) is 1. The van der Waals surface area contributed by atoms with E-state index in [1.54, 1.807) is 24.6 Å². The molecule has 0 unspecified atom stereocenters. The van der Waals surface area contributed by atoms with E-state index in [0.29, 0.717) is 24.5 Å². The molecule has 0 aliphatic rings. The predicted molar refractivity (Wildman–Crippen MR) is 83.3 cm³/mol. The Morgan fingerprint density at radius 3 is 2.76 bits per heavy atom. The van der Waals surface area contributed by atoms with Crippen molar-refractivity contribution in [3.05, 3.63) is 39.3 Å². The zero-order valence-corrected chi connectivity index (χ0v) is 12.5. The molecule has 2 rings (SSSR count). The summed E-state index contributed by atoms with van der Waals surface area (Å²) in [4.78, 5) is 23.6. The lowest BCUT2D eigenvalue weighted by Crippen LogP contribution is -2.32. The van der Waals surface area contributed by atoms with Crippen LogP contribution in [-0.4, -0.2) is 30.7 Å². The quantitative estimate of drug-likeness (QED) is 0.614. The van der Waals surface area contributed by atoms with Crippen LogP contribution < -0.4 is 15.9 Å². The van der Waals surface area contributed by atoms with Gasteiger partial charge in [-0.2, -0.15) is 0 Å². The highest BCUT2D eigenvalue weighted by molar-refractivity contribution is 7.07. The number of anilines is 1. The third kappa shape index (κ3) is 3.93. The number of thiazole rings is 1. The second kappa shape index (κ2) is 7.05. The van der Waals surface area contributed by atoms with E-state index in [-0.39, 0.29) is 17.3 Å². The summed E-state index contributed by atoms with van der Waals surface area (Å²) in [5, 5.41) is 4.44. The second-order valence-corrected chi connectivity index (χ2v) is 5.26. The Bertz CT molecular complexity index is 661. The highest BCUT2D eigenvalue weighted by Gasteiger charge is 2.12. The maximum atomic E-state index is 11.9. The average molecular weight is 307 g/mol. The number of nitrogens with zero attached hydrogens (tertiary/aromatic N) is 1. The number of hydrogen-bond acceptors (Lipinski definition) is 5. The fourth-order valence-electron chi connectivity index (χ4n) is 1.85. The molecule has 0 saturated heterocycles. The van der Waals surface area contributed by atoms with Crippen LogP contribution in [0.3, 0.4) is 0 Å². The topological polar surface area (TPSA) is 86.3 Å². The lowest BCUT2D eigenvalue weighted by molar-refractivity contribution is -0.121. The fraction of sp³-hybridized carbons (Fsp3) is 0.286. The van der Waals surface area contributed by atoms with E-state index < -0.39 is 0 Å². The van der Waals surface area contributed by atoms with Crippen LogP contribution >= 0.6 is 11.3 Å². The monoisotopic (exact) mass is 307 g/mol. The van der Waals surface area contributed by atoms with Crippen molar-refractivity contribution in [2.24, 2.45) is 0 Å². The zero-order valence-electron chi connectivity index (χ0n) is 11.7. The van der Waals surface area contributed by atoms with Gasteiger partial charge in [0, 0.05) is 24.7 Å². The van der Waals surface area contributed by atoms with E-state index in [1.165, 1.54) is 4.57 Å². The Kier molecular flexibility index (Phi) is 5.13. The van der Waals surface area contributed by atoms with E-state index in [1.807, 2.05) is 12.1 Å². The van der Waals surface area contributed by atoms with Crippen molar-refractivity contribution in [2.75, 3.05) is 26.0 Å². The first-order valence-electron chi connectivity index (χ1n) is 6.41. The molecule has 0 spiro atoms. The summed E-state index contributed by atoms with van der Waals surface area (Å²) in [7, 11) is 1.56. The number of rotatable bonds is 6. The summed E-state index contributed by atoms with van der Waals surface area (Å²) < 4.78 is 6.32. The normalized spacial score (nSPS) is 10.5. The summed E-state index contributed by atoms with van der Waals surface area (Å²) in [5.74, 6) is -0.218. The van der Waals surface area contributed by atoms with Crippen LogP contribution in [0, 0.1) is 0 Å². The third-order valence-corrected chi connectivity index (χ3v) is 3.68. The molecule has 7 heteroatoms. The van der Waals surface area contributed by atoms with Gasteiger partial charge in [-0.25, -0.2) is 0 Å². The van der Waals surface area contributed by atoms with Gasteiger partial charge >= 0.3 is 4.87 Å². The van der Waals surface area contributed by atoms with Crippen molar-refractivity contribution in [2.45, 2.75) is 6.54 Å². The van der Waals surface area contributed by atoms with E-state index in [0.717, 1.165) is 16.9 Å². The number of hydrogen-bond donors (Lipinski definition) is 2. The molecule has 0 bridgehead atoms. The van der Waals surface area contributed by atoms with E-state index in [4.69, 9.17) is 10.5 Å². The van der Waals surface area contributed by atoms with Gasteiger partial charge in [0.2, 0.25) is 5.91 Å². The van der Waals surface area contributed by atoms with Crippen molar-refractivity contribution in [1.29, 1.82) is 0 Å². The first-order valence-corrected chi connectivity index (χ1v) is 7.29. The van der Waals surface area contributed by atoms with Crippen LogP contribution in [-0.2, 0) is 16.1 Å². The van der Waals surface area contributed by atoms with Gasteiger partial charge in [0.1, 0.15) is 6.54 Å². The Labute approximate surface area is 126 Å². The van der Waals surface area contributed by atoms with Gasteiger partial charge < -0.3 is 15.8 Å². The van der Waals surface area contributed by atoms with Crippen LogP contribution in [0.15, 0.2) is 34.4 Å². The SMILES string of the molecule is COCCNC(=O)Cn1c(-c2ccc(N)cc2)csc1=O. The Morgan fingerprint density at radius 1 is 1.38 bits per heavy atom. The van der Waals surface area contributed by atoms with Crippen LogP contribution in [0.5, 0.6) is 0 Å². The third-order valence-electron chi connectivity index (χ3n) is 2.92. The van der Waals surface area contributed by atoms with E-state index in [2.05, 4.69) is 5.32 Å². The lowest BCUT2D eigenvalue weighted by atomic mass is 10.1. The van der Waals surface area contributed by atoms with E-state index >= 15 is 0 Å². The molecule has 112 valence electrons. The molecular formula is C14H17N3O3S. The van der Waals surface area contributed by atoms with Gasteiger partial charge in [-0.3, -0.25) is 14.2 Å². The van der Waals surface area contributed by atoms with Crippen molar-refractivity contribution < 1.29 is 9.53 Å². The summed E-state index contributed by atoms with van der Waals surface area (Å²) in [6, 6.07) is 7.19. The highest BCUT2D eigenvalue weighted by Crippen LogP contribution is 2.21. The molecule has 0 aliphatic carbocycles. The standard InChI is InChI=1S/C14H17N3O3S/c1-20-7-6-16-13(18)8-17-12(9-21-14(17)19)10-2-4-11(15)5-3-10/h2-5,9H,6-8,15H2,1H3,(H,16,18). The summed E-state index contributed by atoms with van der Waals surface area (Å²) in [6.45, 7) is 0.853. The van der Waals surface area contributed by atoms with Gasteiger partial charge in [-0.15, -0.1) is 0 Å². The molecule has 6 nitrogen and oxygen atoms in total. The molecule has 21 heavy (non-hydrogen) atoms. The highest BCUT2D eigenvalue weighted by atomic mass is 32.1. The van der Waals surface area contributed by atoms with E-state index in [9.17, 15) is 9.59 Å². The van der Waals surface area contributed by atoms with Gasteiger partial charge in [0.25, 0.3) is 0 Å². The van der Waals surface area contributed by atoms with Crippen molar-refractivity contribution >= 4 is 22.9 Å². The van der Waals surface area contributed by atoms with Gasteiger partial charge in [-0.05, 0) is 17.7 Å². The van der Waals surface area contributed by atoms with Gasteiger partial charge in [0.15, 0.2) is 0 Å². The Morgan fingerprint density at radius 2 is 2.10 bits per heavy atom. The maximum absolute atomic E-state index is 11.9. The van der Waals surface area contributed by atoms with Crippen LogP contribution in [0.2, 0.25) is 0 Å². The second-order valence-electron chi connectivity index (χ2n) is 4.44. The number of carbonyl (C=O) groups excluding carboxylic acids is 1. The van der Waals surface area contributed by atoms with Crippen molar-refractivity contribution in [1.82, 2.24) is 9.88 Å². The average Bonchev–Trinajstić information content (AvgIpc) is 2.82. The van der Waals surface area contributed by atoms with Crippen LogP contribution in [0.1, 0.15) is 0 Å². The molecule has 1 heterocycles.